The second-order valence-electron chi connectivity index (χ2n) is 7.74. The minimum absolute atomic E-state index is 0.0325. The zero-order chi connectivity index (χ0) is 22.9. The maximum atomic E-state index is 12.4. The molecule has 1 aliphatic rings. The second-order valence-corrected chi connectivity index (χ2v) is 7.74. The van der Waals surface area contributed by atoms with Crippen molar-refractivity contribution in [1.82, 2.24) is 5.32 Å². The molecule has 2 amide bonds. The smallest absolute Gasteiger partial charge is 0.262 e. The van der Waals surface area contributed by atoms with Gasteiger partial charge in [-0.1, -0.05) is 36.6 Å². The number of aryl methyl sites for hydroxylation is 1. The number of benzene rings is 2. The summed E-state index contributed by atoms with van der Waals surface area (Å²) in [6, 6.07) is 14.6. The van der Waals surface area contributed by atoms with Gasteiger partial charge in [-0.2, -0.15) is 5.26 Å². The molecule has 0 spiro atoms. The topological polar surface area (TPSA) is 100 Å². The van der Waals surface area contributed by atoms with Gasteiger partial charge in [-0.15, -0.1) is 0 Å². The highest BCUT2D eigenvalue weighted by Gasteiger charge is 2.19. The standard InChI is InChI=1S/C25H27N3O4/c1-17-7-10-21(11-8-17)27-24(29)16-32-22-12-9-18(14-23(22)31-2)13-19(15-26)25(30)28-20-5-3-4-6-20/h7-14,20H,3-6,16H2,1-2H3,(H,27,29)(H,28,30)/b19-13-. The van der Waals surface area contributed by atoms with Crippen LogP contribution in [0.3, 0.4) is 0 Å². The van der Waals surface area contributed by atoms with Crippen LogP contribution in [0, 0.1) is 18.3 Å². The van der Waals surface area contributed by atoms with Crippen molar-refractivity contribution in [3.63, 3.8) is 0 Å². The van der Waals surface area contributed by atoms with Crippen molar-refractivity contribution in [2.45, 2.75) is 38.6 Å². The van der Waals surface area contributed by atoms with Crippen molar-refractivity contribution < 1.29 is 19.1 Å². The third-order valence-corrected chi connectivity index (χ3v) is 5.25. The Balaban J connectivity index is 1.63. The number of hydrogen-bond acceptors (Lipinski definition) is 5. The first-order valence-electron chi connectivity index (χ1n) is 10.6. The lowest BCUT2D eigenvalue weighted by molar-refractivity contribution is -0.118. The molecule has 2 N–H and O–H groups in total. The molecule has 0 bridgehead atoms. The Morgan fingerprint density at radius 3 is 2.50 bits per heavy atom. The lowest BCUT2D eigenvalue weighted by Gasteiger charge is -2.12. The average Bonchev–Trinajstić information content (AvgIpc) is 3.30. The number of carbonyl (C=O) groups is 2. The SMILES string of the molecule is COc1cc(/C=C(/C#N)C(=O)NC2CCCC2)ccc1OCC(=O)Nc1ccc(C)cc1. The Bertz CT molecular complexity index is 1030. The molecular weight excluding hydrogens is 406 g/mol. The van der Waals surface area contributed by atoms with Gasteiger partial charge in [0.05, 0.1) is 7.11 Å². The number of rotatable bonds is 8. The van der Waals surface area contributed by atoms with Crippen LogP contribution in [0.15, 0.2) is 48.0 Å². The molecule has 0 unspecified atom stereocenters. The first-order chi connectivity index (χ1) is 15.5. The molecule has 2 aromatic carbocycles. The van der Waals surface area contributed by atoms with E-state index in [9.17, 15) is 14.9 Å². The molecule has 1 fully saturated rings. The fraction of sp³-hybridized carbons (Fsp3) is 0.320. The van der Waals surface area contributed by atoms with Gasteiger partial charge in [0.2, 0.25) is 0 Å². The Hall–Kier alpha value is -3.79. The summed E-state index contributed by atoms with van der Waals surface area (Å²) < 4.78 is 11.0. The molecule has 0 heterocycles. The zero-order valence-corrected chi connectivity index (χ0v) is 18.3. The van der Waals surface area contributed by atoms with E-state index in [1.807, 2.05) is 37.3 Å². The van der Waals surface area contributed by atoms with Gasteiger partial charge in [0.15, 0.2) is 18.1 Å². The number of ether oxygens (including phenoxy) is 2. The fourth-order valence-electron chi connectivity index (χ4n) is 3.52. The van der Waals surface area contributed by atoms with Crippen LogP contribution in [-0.2, 0) is 9.59 Å². The molecule has 7 nitrogen and oxygen atoms in total. The summed E-state index contributed by atoms with van der Waals surface area (Å²) in [4.78, 5) is 24.6. The summed E-state index contributed by atoms with van der Waals surface area (Å²) in [5, 5.41) is 15.1. The van der Waals surface area contributed by atoms with Gasteiger partial charge in [0.1, 0.15) is 11.6 Å². The number of hydrogen-bond donors (Lipinski definition) is 2. The second kappa shape index (κ2) is 11.0. The number of carbonyl (C=O) groups excluding carboxylic acids is 2. The Morgan fingerprint density at radius 1 is 1.12 bits per heavy atom. The summed E-state index contributed by atoms with van der Waals surface area (Å²) in [7, 11) is 1.49. The van der Waals surface area contributed by atoms with Crippen molar-refractivity contribution in [2.75, 3.05) is 19.0 Å². The van der Waals surface area contributed by atoms with Crippen LogP contribution in [0.5, 0.6) is 11.5 Å². The van der Waals surface area contributed by atoms with Crippen LogP contribution in [0.1, 0.15) is 36.8 Å². The summed E-state index contributed by atoms with van der Waals surface area (Å²) in [6.45, 7) is 1.79. The molecule has 2 aromatic rings. The number of nitriles is 1. The van der Waals surface area contributed by atoms with Crippen molar-refractivity contribution in [1.29, 1.82) is 5.26 Å². The maximum absolute atomic E-state index is 12.4. The van der Waals surface area contributed by atoms with Crippen LogP contribution in [0.25, 0.3) is 6.08 Å². The molecule has 166 valence electrons. The van der Waals surface area contributed by atoms with Crippen LogP contribution in [0.4, 0.5) is 5.69 Å². The van der Waals surface area contributed by atoms with Crippen LogP contribution >= 0.6 is 0 Å². The van der Waals surface area contributed by atoms with E-state index in [0.717, 1.165) is 31.2 Å². The van der Waals surface area contributed by atoms with Crippen LogP contribution in [0.2, 0.25) is 0 Å². The minimum atomic E-state index is -0.369. The van der Waals surface area contributed by atoms with Gasteiger partial charge < -0.3 is 20.1 Å². The quantitative estimate of drug-likeness (QED) is 0.484. The molecule has 32 heavy (non-hydrogen) atoms. The zero-order valence-electron chi connectivity index (χ0n) is 18.3. The van der Waals surface area contributed by atoms with E-state index in [1.54, 1.807) is 18.2 Å². The van der Waals surface area contributed by atoms with E-state index in [1.165, 1.54) is 13.2 Å². The predicted molar refractivity (Wildman–Crippen MR) is 122 cm³/mol. The maximum Gasteiger partial charge on any atom is 0.262 e. The number of amides is 2. The third kappa shape index (κ3) is 6.35. The van der Waals surface area contributed by atoms with Crippen molar-refractivity contribution in [2.24, 2.45) is 0 Å². The fourth-order valence-corrected chi connectivity index (χ4v) is 3.52. The number of methoxy groups -OCH3 is 1. The van der Waals surface area contributed by atoms with Gasteiger partial charge in [0.25, 0.3) is 11.8 Å². The van der Waals surface area contributed by atoms with E-state index in [2.05, 4.69) is 10.6 Å². The number of anilines is 1. The first-order valence-corrected chi connectivity index (χ1v) is 10.6. The molecule has 0 atom stereocenters. The Labute approximate surface area is 188 Å². The molecule has 0 aromatic heterocycles. The lowest BCUT2D eigenvalue weighted by Crippen LogP contribution is -2.33. The molecule has 0 radical (unpaired) electrons. The molecule has 0 aliphatic heterocycles. The van der Waals surface area contributed by atoms with Crippen LogP contribution < -0.4 is 20.1 Å². The van der Waals surface area contributed by atoms with E-state index in [0.29, 0.717) is 22.7 Å². The molecule has 1 aliphatic carbocycles. The van der Waals surface area contributed by atoms with Crippen molar-refractivity contribution >= 4 is 23.6 Å². The Morgan fingerprint density at radius 2 is 1.84 bits per heavy atom. The highest BCUT2D eigenvalue weighted by atomic mass is 16.5. The number of nitrogens with one attached hydrogen (secondary N) is 2. The molecule has 1 saturated carbocycles. The van der Waals surface area contributed by atoms with E-state index in [4.69, 9.17) is 9.47 Å². The van der Waals surface area contributed by atoms with Crippen molar-refractivity contribution in [3.8, 4) is 17.6 Å². The molecule has 0 saturated heterocycles. The lowest BCUT2D eigenvalue weighted by atomic mass is 10.1. The summed E-state index contributed by atoms with van der Waals surface area (Å²) in [6.07, 6.45) is 5.60. The van der Waals surface area contributed by atoms with Gasteiger partial charge in [-0.3, -0.25) is 9.59 Å². The monoisotopic (exact) mass is 433 g/mol. The van der Waals surface area contributed by atoms with E-state index >= 15 is 0 Å². The van der Waals surface area contributed by atoms with Gasteiger partial charge in [-0.25, -0.2) is 0 Å². The van der Waals surface area contributed by atoms with E-state index in [-0.39, 0.29) is 30.0 Å². The normalized spacial score (nSPS) is 13.8. The minimum Gasteiger partial charge on any atom is -0.493 e. The highest BCUT2D eigenvalue weighted by molar-refractivity contribution is 6.01. The summed E-state index contributed by atoms with van der Waals surface area (Å²) in [5.41, 5.74) is 2.45. The van der Waals surface area contributed by atoms with Gasteiger partial charge >= 0.3 is 0 Å². The third-order valence-electron chi connectivity index (χ3n) is 5.25. The van der Waals surface area contributed by atoms with Crippen LogP contribution in [-0.4, -0.2) is 31.6 Å². The van der Waals surface area contributed by atoms with Gasteiger partial charge in [0, 0.05) is 11.7 Å². The molecular formula is C25H27N3O4. The number of nitrogens with zero attached hydrogens (tertiary/aromatic N) is 1. The van der Waals surface area contributed by atoms with Crippen molar-refractivity contribution in [3.05, 3.63) is 59.2 Å². The molecule has 3 rings (SSSR count). The summed E-state index contributed by atoms with van der Waals surface area (Å²) in [5.74, 6) is 0.120. The Kier molecular flexibility index (Phi) is 7.87. The van der Waals surface area contributed by atoms with Gasteiger partial charge in [-0.05, 0) is 55.7 Å². The van der Waals surface area contributed by atoms with E-state index < -0.39 is 0 Å². The summed E-state index contributed by atoms with van der Waals surface area (Å²) >= 11 is 0. The first kappa shape index (κ1) is 22.9. The predicted octanol–water partition coefficient (Wildman–Crippen LogP) is 3.99. The largest absolute Gasteiger partial charge is 0.493 e. The average molecular weight is 434 g/mol. The highest BCUT2D eigenvalue weighted by Crippen LogP contribution is 2.29. The molecule has 7 heteroatoms.